The Balaban J connectivity index is 1.59. The summed E-state index contributed by atoms with van der Waals surface area (Å²) in [7, 11) is 3.93. The van der Waals surface area contributed by atoms with Gasteiger partial charge in [0.25, 0.3) is 0 Å². The number of allylic oxidation sites excluding steroid dienone is 1. The summed E-state index contributed by atoms with van der Waals surface area (Å²) in [5, 5.41) is 21.4. The molecule has 0 aliphatic heterocycles. The number of rotatable bonds is 4. The Morgan fingerprint density at radius 1 is 1.14 bits per heavy atom. The highest BCUT2D eigenvalue weighted by Gasteiger charge is 2.59. The minimum Gasteiger partial charge on any atom is -0.393 e. The Hall–Kier alpha value is -0.0800. The molecule has 0 bridgehead atoms. The minimum absolute atomic E-state index is 0.0992. The molecule has 0 amide bonds. The molecule has 156 valence electrons. The maximum Gasteiger partial charge on any atom is 0.0732 e. The Morgan fingerprint density at radius 3 is 2.75 bits per heavy atom. The zero-order chi connectivity index (χ0) is 19.9. The first kappa shape index (κ1) is 21.2. The molecule has 4 aliphatic carbocycles. The van der Waals surface area contributed by atoms with Gasteiger partial charge >= 0.3 is 0 Å². The fourth-order valence-electron chi connectivity index (χ4n) is 7.21. The second kappa shape index (κ2) is 8.22. The summed E-state index contributed by atoms with van der Waals surface area (Å²) in [5.74, 6) is 9.63. The van der Waals surface area contributed by atoms with E-state index in [2.05, 4.69) is 31.8 Å². The van der Waals surface area contributed by atoms with E-state index >= 15 is 0 Å². The van der Waals surface area contributed by atoms with Crippen molar-refractivity contribution in [1.29, 1.82) is 0 Å². The van der Waals surface area contributed by atoms with Gasteiger partial charge in [-0.3, -0.25) is 0 Å². The third-order valence-corrected chi connectivity index (χ3v) is 11.4. The molecule has 0 aromatic carbocycles. The van der Waals surface area contributed by atoms with Crippen molar-refractivity contribution in [3.63, 3.8) is 0 Å². The van der Waals surface area contributed by atoms with Gasteiger partial charge < -0.3 is 10.2 Å². The molecular weight excluding hydrogens is 384 g/mol. The van der Waals surface area contributed by atoms with Crippen LogP contribution in [0.4, 0.5) is 0 Å². The molecule has 0 aromatic rings. The van der Waals surface area contributed by atoms with E-state index in [9.17, 15) is 10.2 Å². The van der Waals surface area contributed by atoms with Crippen molar-refractivity contribution in [1.82, 2.24) is 0 Å². The maximum atomic E-state index is 10.7. The van der Waals surface area contributed by atoms with Crippen molar-refractivity contribution in [3.05, 3.63) is 11.6 Å². The van der Waals surface area contributed by atoms with Crippen LogP contribution in [0, 0.1) is 40.4 Å². The lowest BCUT2D eigenvalue weighted by Crippen LogP contribution is -2.53. The Labute approximate surface area is 179 Å². The molecule has 3 fully saturated rings. The van der Waals surface area contributed by atoms with Gasteiger partial charge in [0, 0.05) is 11.2 Å². The lowest BCUT2D eigenvalue weighted by Gasteiger charge is -2.59. The Morgan fingerprint density at radius 2 is 1.96 bits per heavy atom. The monoisotopic (exact) mass is 420 g/mol. The molecule has 0 heterocycles. The molecule has 4 rings (SSSR count). The van der Waals surface area contributed by atoms with Crippen LogP contribution < -0.4 is 0 Å². The first-order chi connectivity index (χ1) is 13.4. The summed E-state index contributed by atoms with van der Waals surface area (Å²) in [5.41, 5.74) is 1.95. The lowest BCUT2D eigenvalue weighted by atomic mass is 9.47. The molecule has 0 spiro atoms. The van der Waals surface area contributed by atoms with E-state index in [1.54, 1.807) is 5.57 Å². The standard InChI is InChI=1S/C24H36O2S2/c1-4-5-16(2)28-27-15-24-13-10-18(25)14-17(24)6-7-19-20-8-9-22(26)23(20,3)12-11-21(19)24/h14,16,18-22,25-26H,6-13,15H2,1-3H3/t16?,18-,19+,20+,21+,22+,23+,24-/m1/s1. The van der Waals surface area contributed by atoms with Gasteiger partial charge in [-0.1, -0.05) is 46.1 Å². The van der Waals surface area contributed by atoms with Crippen LogP contribution >= 0.6 is 21.6 Å². The van der Waals surface area contributed by atoms with Crippen LogP contribution in [0.3, 0.4) is 0 Å². The van der Waals surface area contributed by atoms with E-state index in [1.807, 2.05) is 28.5 Å². The summed E-state index contributed by atoms with van der Waals surface area (Å²) in [6.07, 6.45) is 11.0. The zero-order valence-corrected chi connectivity index (χ0v) is 19.2. The summed E-state index contributed by atoms with van der Waals surface area (Å²) < 4.78 is 0. The van der Waals surface area contributed by atoms with Crippen LogP contribution in [0.2, 0.25) is 0 Å². The fourth-order valence-corrected chi connectivity index (χ4v) is 10.00. The first-order valence-electron chi connectivity index (χ1n) is 11.2. The average molecular weight is 421 g/mol. The van der Waals surface area contributed by atoms with E-state index in [-0.39, 0.29) is 23.0 Å². The van der Waals surface area contributed by atoms with Crippen LogP contribution in [0.15, 0.2) is 11.6 Å². The molecule has 2 nitrogen and oxygen atoms in total. The van der Waals surface area contributed by atoms with E-state index in [0.717, 1.165) is 43.3 Å². The van der Waals surface area contributed by atoms with Gasteiger partial charge in [-0.25, -0.2) is 0 Å². The van der Waals surface area contributed by atoms with Crippen LogP contribution in [-0.2, 0) is 0 Å². The lowest BCUT2D eigenvalue weighted by molar-refractivity contribution is -0.0748. The van der Waals surface area contributed by atoms with Gasteiger partial charge in [0.1, 0.15) is 0 Å². The van der Waals surface area contributed by atoms with E-state index < -0.39 is 0 Å². The molecule has 0 radical (unpaired) electrons. The van der Waals surface area contributed by atoms with Crippen molar-refractivity contribution >= 4 is 21.6 Å². The minimum atomic E-state index is -0.246. The molecule has 8 atom stereocenters. The SMILES string of the molecule is CC#CC(C)SSC[C@]12CC[C@@H](O)C=C1CC[C@@H]1[C@@H]2CC[C@]2(C)[C@@H](O)CC[C@@H]12. The van der Waals surface area contributed by atoms with Gasteiger partial charge in [-0.15, -0.1) is 5.92 Å². The molecule has 2 N–H and O–H groups in total. The highest BCUT2D eigenvalue weighted by Crippen LogP contribution is 2.66. The second-order valence-corrected chi connectivity index (χ2v) is 12.6. The topological polar surface area (TPSA) is 40.5 Å². The summed E-state index contributed by atoms with van der Waals surface area (Å²) in [6, 6.07) is 0. The molecular formula is C24H36O2S2. The molecule has 4 aliphatic rings. The van der Waals surface area contributed by atoms with Crippen molar-refractivity contribution < 1.29 is 10.2 Å². The molecule has 28 heavy (non-hydrogen) atoms. The Bertz CT molecular complexity index is 680. The number of aliphatic hydroxyl groups is 2. The highest BCUT2D eigenvalue weighted by atomic mass is 33.1. The number of fused-ring (bicyclic) bond motifs is 5. The molecule has 1 unspecified atom stereocenters. The summed E-state index contributed by atoms with van der Waals surface area (Å²) in [6.45, 7) is 6.48. The largest absolute Gasteiger partial charge is 0.393 e. The third-order valence-electron chi connectivity index (χ3n) is 8.64. The number of hydrogen-bond donors (Lipinski definition) is 2. The Kier molecular flexibility index (Phi) is 6.21. The quantitative estimate of drug-likeness (QED) is 0.361. The van der Waals surface area contributed by atoms with Crippen LogP contribution in [0.1, 0.15) is 72.1 Å². The van der Waals surface area contributed by atoms with Gasteiger partial charge in [0.15, 0.2) is 0 Å². The van der Waals surface area contributed by atoms with Crippen molar-refractivity contribution in [2.45, 2.75) is 89.6 Å². The highest BCUT2D eigenvalue weighted by molar-refractivity contribution is 8.77. The molecule has 3 saturated carbocycles. The summed E-state index contributed by atoms with van der Waals surface area (Å²) >= 11 is 0. The first-order valence-corrected chi connectivity index (χ1v) is 13.6. The second-order valence-electron chi connectivity index (χ2n) is 9.90. The van der Waals surface area contributed by atoms with Crippen LogP contribution in [0.25, 0.3) is 0 Å². The molecule has 4 heteroatoms. The van der Waals surface area contributed by atoms with Crippen LogP contribution in [-0.4, -0.2) is 33.4 Å². The molecule has 0 aromatic heterocycles. The fraction of sp³-hybridized carbons (Fsp3) is 0.833. The average Bonchev–Trinajstić information content (AvgIpc) is 2.97. The third kappa shape index (κ3) is 3.49. The van der Waals surface area contributed by atoms with Crippen molar-refractivity contribution in [2.24, 2.45) is 28.6 Å². The maximum absolute atomic E-state index is 10.7. The predicted molar refractivity (Wildman–Crippen MR) is 121 cm³/mol. The van der Waals surface area contributed by atoms with E-state index in [1.165, 1.54) is 25.7 Å². The normalized spacial score (nSPS) is 45.8. The summed E-state index contributed by atoms with van der Waals surface area (Å²) in [4.78, 5) is 0. The zero-order valence-electron chi connectivity index (χ0n) is 17.6. The van der Waals surface area contributed by atoms with Crippen molar-refractivity contribution in [2.75, 3.05) is 5.75 Å². The van der Waals surface area contributed by atoms with E-state index in [0.29, 0.717) is 11.2 Å². The van der Waals surface area contributed by atoms with Crippen molar-refractivity contribution in [3.8, 4) is 11.8 Å². The van der Waals surface area contributed by atoms with Gasteiger partial charge in [0.2, 0.25) is 0 Å². The molecule has 0 saturated heterocycles. The van der Waals surface area contributed by atoms with Crippen LogP contribution in [0.5, 0.6) is 0 Å². The van der Waals surface area contributed by atoms with Gasteiger partial charge in [-0.2, -0.15) is 0 Å². The number of aliphatic hydroxyl groups excluding tert-OH is 2. The van der Waals surface area contributed by atoms with E-state index in [4.69, 9.17) is 0 Å². The smallest absolute Gasteiger partial charge is 0.0732 e. The number of hydrogen-bond acceptors (Lipinski definition) is 4. The van der Waals surface area contributed by atoms with Gasteiger partial charge in [-0.05, 0) is 88.4 Å². The predicted octanol–water partition coefficient (Wildman–Crippen LogP) is 5.44. The van der Waals surface area contributed by atoms with Gasteiger partial charge in [0.05, 0.1) is 17.5 Å².